The van der Waals surface area contributed by atoms with E-state index in [1.54, 1.807) is 22.1 Å². The summed E-state index contributed by atoms with van der Waals surface area (Å²) in [7, 11) is 0. The molecule has 0 unspecified atom stereocenters. The summed E-state index contributed by atoms with van der Waals surface area (Å²) in [5.74, 6) is 3.36. The lowest BCUT2D eigenvalue weighted by atomic mass is 10.1. The highest BCUT2D eigenvalue weighted by molar-refractivity contribution is 5.94. The zero-order valence-corrected chi connectivity index (χ0v) is 31.0. The molecule has 12 nitrogen and oxygen atoms in total. The van der Waals surface area contributed by atoms with Crippen LogP contribution in [0.15, 0.2) is 119 Å². The number of nitrogens with zero attached hydrogens (tertiary/aromatic N) is 8. The van der Waals surface area contributed by atoms with Crippen LogP contribution in [-0.2, 0) is 0 Å². The van der Waals surface area contributed by atoms with Crippen molar-refractivity contribution in [2.45, 2.75) is 105 Å². The fraction of sp³-hybridized carbons (Fsp3) is 0.444. The van der Waals surface area contributed by atoms with Crippen LogP contribution < -0.4 is 22.9 Å². The second-order valence-electron chi connectivity index (χ2n) is 14.9. The van der Waals surface area contributed by atoms with E-state index in [0.717, 1.165) is 0 Å². The Morgan fingerprint density at radius 1 is 0.458 bits per heavy atom. The Morgan fingerprint density at radius 3 is 1.15 bits per heavy atom. The molecule has 0 aromatic rings. The Bertz CT molecular complexity index is 1680. The molecule has 0 aliphatic carbocycles. The molecule has 0 bridgehead atoms. The van der Waals surface area contributed by atoms with E-state index in [4.69, 9.17) is 28.4 Å². The third-order valence-corrected chi connectivity index (χ3v) is 6.25. The lowest BCUT2D eigenvalue weighted by molar-refractivity contribution is 0.255. The van der Waals surface area contributed by atoms with Crippen LogP contribution in [0.25, 0.3) is 0 Å². The molecule has 4 rings (SSSR count). The average Bonchev–Trinajstić information content (AvgIpc) is 2.91. The minimum atomic E-state index is -0.315. The number of amidine groups is 4. The number of aliphatic imine (C=N–C) groups is 4. The molecule has 8 N–H and O–H groups in total. The van der Waals surface area contributed by atoms with E-state index in [2.05, 4.69) is 67.1 Å². The summed E-state index contributed by atoms with van der Waals surface area (Å²) >= 11 is 0. The minimum Gasteiger partial charge on any atom is -0.384 e. The first kappa shape index (κ1) is 34.3. The first-order valence-electron chi connectivity index (χ1n) is 17.3. The van der Waals surface area contributed by atoms with Crippen LogP contribution in [0.1, 0.15) is 88.6 Å². The Balaban J connectivity index is 0.000000347. The zero-order chi connectivity index (χ0) is 40.9. The van der Waals surface area contributed by atoms with Gasteiger partial charge < -0.3 is 42.5 Å². The SMILES string of the molecule is C=C1N=C(N)C=CN1C(C)(C)C.[2H]C1=C([2H])N(C(C)(C)C)C(=C)N=C1N.[2H]C1=CC(N)=NC(=C)N1C(C)(C)C.[2H]C1=CN(C(C)(C)C)C(=C)N=C1N. The van der Waals surface area contributed by atoms with Gasteiger partial charge in [-0.15, -0.1) is 0 Å². The molecular formula is C36H60N12. The Hall–Kier alpha value is -5.00. The van der Waals surface area contributed by atoms with Gasteiger partial charge in [-0.05, 0) is 107 Å². The fourth-order valence-corrected chi connectivity index (χ4v) is 4.07. The lowest BCUT2D eigenvalue weighted by Crippen LogP contribution is -2.38. The highest BCUT2D eigenvalue weighted by atomic mass is 15.3. The van der Waals surface area contributed by atoms with Gasteiger partial charge >= 0.3 is 0 Å². The number of rotatable bonds is 0. The predicted octanol–water partition coefficient (Wildman–Crippen LogP) is 5.77. The topological polar surface area (TPSA) is 166 Å². The molecule has 0 spiro atoms. The number of hydrogen-bond donors (Lipinski definition) is 4. The third kappa shape index (κ3) is 13.0. The quantitative estimate of drug-likeness (QED) is 0.253. The van der Waals surface area contributed by atoms with Crippen LogP contribution >= 0.6 is 0 Å². The Kier molecular flexibility index (Phi) is 11.3. The van der Waals surface area contributed by atoms with Crippen LogP contribution in [0.2, 0.25) is 0 Å². The van der Waals surface area contributed by atoms with Crippen LogP contribution in [0, 0.1) is 0 Å². The molecule has 0 atom stereocenters. The second-order valence-corrected chi connectivity index (χ2v) is 14.9. The van der Waals surface area contributed by atoms with Crippen molar-refractivity contribution in [3.63, 3.8) is 0 Å². The summed E-state index contributed by atoms with van der Waals surface area (Å²) in [6, 6.07) is 0.189. The van der Waals surface area contributed by atoms with E-state index in [9.17, 15) is 0 Å². The summed E-state index contributed by atoms with van der Waals surface area (Å²) < 4.78 is 30.5. The van der Waals surface area contributed by atoms with Crippen molar-refractivity contribution in [3.8, 4) is 0 Å². The number of nitrogens with two attached hydrogens (primary N) is 4. The summed E-state index contributed by atoms with van der Waals surface area (Å²) in [6.45, 7) is 39.2. The maximum atomic E-state index is 7.75. The van der Waals surface area contributed by atoms with Crippen molar-refractivity contribution in [1.82, 2.24) is 19.6 Å². The van der Waals surface area contributed by atoms with Crippen LogP contribution in [0.5, 0.6) is 0 Å². The summed E-state index contributed by atoms with van der Waals surface area (Å²) in [5, 5.41) is 0. The molecule has 0 aromatic carbocycles. The lowest BCUT2D eigenvalue weighted by Gasteiger charge is -2.35. The molecule has 0 fully saturated rings. The maximum absolute atomic E-state index is 7.75. The monoisotopic (exact) mass is 665 g/mol. The first-order valence-corrected chi connectivity index (χ1v) is 15.3. The van der Waals surface area contributed by atoms with Gasteiger partial charge in [0.2, 0.25) is 0 Å². The molecule has 0 radical (unpaired) electrons. The molecule has 4 aliphatic heterocycles. The number of hydrogen-bond acceptors (Lipinski definition) is 12. The maximum Gasteiger partial charge on any atom is 0.128 e. The van der Waals surface area contributed by atoms with Crippen molar-refractivity contribution in [2.75, 3.05) is 0 Å². The first-order chi connectivity index (χ1) is 23.3. The van der Waals surface area contributed by atoms with Crippen molar-refractivity contribution in [2.24, 2.45) is 42.9 Å². The van der Waals surface area contributed by atoms with E-state index < -0.39 is 0 Å². The van der Waals surface area contributed by atoms with Crippen LogP contribution in [-0.4, -0.2) is 65.1 Å². The molecule has 0 saturated carbocycles. The molecule has 264 valence electrons. The van der Waals surface area contributed by atoms with Crippen molar-refractivity contribution in [3.05, 3.63) is 98.6 Å². The Morgan fingerprint density at radius 2 is 0.771 bits per heavy atom. The van der Waals surface area contributed by atoms with E-state index in [-0.39, 0.29) is 52.1 Å². The van der Waals surface area contributed by atoms with Crippen LogP contribution in [0.3, 0.4) is 0 Å². The van der Waals surface area contributed by atoms with Gasteiger partial charge in [-0.25, -0.2) is 20.0 Å². The van der Waals surface area contributed by atoms with Crippen molar-refractivity contribution >= 4 is 23.3 Å². The molecule has 0 aromatic heterocycles. The fourth-order valence-electron chi connectivity index (χ4n) is 4.07. The largest absolute Gasteiger partial charge is 0.384 e. The van der Waals surface area contributed by atoms with Gasteiger partial charge in [-0.3, -0.25) is 0 Å². The van der Waals surface area contributed by atoms with Gasteiger partial charge in [0.1, 0.15) is 46.6 Å². The van der Waals surface area contributed by atoms with Gasteiger partial charge in [0.15, 0.2) is 0 Å². The van der Waals surface area contributed by atoms with E-state index >= 15 is 0 Å². The highest BCUT2D eigenvalue weighted by Crippen LogP contribution is 2.24. The van der Waals surface area contributed by atoms with Gasteiger partial charge in [-0.2, -0.15) is 0 Å². The third-order valence-electron chi connectivity index (χ3n) is 6.25. The smallest absolute Gasteiger partial charge is 0.128 e. The minimum absolute atomic E-state index is 0.0117. The second kappa shape index (κ2) is 15.7. The van der Waals surface area contributed by atoms with Crippen LogP contribution in [0.4, 0.5) is 0 Å². The van der Waals surface area contributed by atoms with Gasteiger partial charge in [0.25, 0.3) is 0 Å². The zero-order valence-electron chi connectivity index (χ0n) is 35.0. The highest BCUT2D eigenvalue weighted by Gasteiger charge is 2.24. The van der Waals surface area contributed by atoms with E-state index in [1.807, 2.05) is 78.3 Å². The molecule has 12 heteroatoms. The van der Waals surface area contributed by atoms with E-state index in [0.29, 0.717) is 41.1 Å². The standard InChI is InChI=1S/4C9H15N3/c4*1-7-11-8(10)5-6-12(7)9(2,3)4/h4*5-6H,1H2,2-4H3,(H2,10,11)/i5D,6D;6D;5D;. The van der Waals surface area contributed by atoms with E-state index in [1.165, 1.54) is 6.08 Å². The molecule has 48 heavy (non-hydrogen) atoms. The van der Waals surface area contributed by atoms with Gasteiger partial charge in [0.05, 0.1) is 5.48 Å². The average molecular weight is 665 g/mol. The van der Waals surface area contributed by atoms with Crippen molar-refractivity contribution in [1.29, 1.82) is 0 Å². The summed E-state index contributed by atoms with van der Waals surface area (Å²) in [4.78, 5) is 23.1. The molecule has 4 aliphatic rings. The summed E-state index contributed by atoms with van der Waals surface area (Å²) in [5.41, 5.74) is 21.3. The Labute approximate surface area is 295 Å². The molecule has 4 heterocycles. The van der Waals surface area contributed by atoms with Gasteiger partial charge in [-0.1, -0.05) is 26.3 Å². The summed E-state index contributed by atoms with van der Waals surface area (Å²) in [6.07, 6.45) is 7.26. The van der Waals surface area contributed by atoms with Crippen molar-refractivity contribution < 1.29 is 5.48 Å². The molecule has 0 saturated heterocycles. The normalized spacial score (nSPS) is 20.1. The predicted molar refractivity (Wildman–Crippen MR) is 206 cm³/mol. The molecule has 0 amide bonds. The van der Waals surface area contributed by atoms with Gasteiger partial charge in [0, 0.05) is 46.9 Å². The molecular weight excluding hydrogens is 600 g/mol.